The fourth-order valence-corrected chi connectivity index (χ4v) is 3.09. The molecule has 0 spiro atoms. The summed E-state index contributed by atoms with van der Waals surface area (Å²) in [6.45, 7) is -0.00999. The third-order valence-electron chi connectivity index (χ3n) is 4.69. The number of hydrogen-bond acceptors (Lipinski definition) is 6. The molecule has 0 fully saturated rings. The van der Waals surface area contributed by atoms with Crippen LogP contribution in [-0.4, -0.2) is 31.8 Å². The van der Waals surface area contributed by atoms with Crippen molar-refractivity contribution >= 4 is 11.7 Å². The summed E-state index contributed by atoms with van der Waals surface area (Å²) in [5, 5.41) is 3.01. The summed E-state index contributed by atoms with van der Waals surface area (Å²) in [4.78, 5) is 38.1. The van der Waals surface area contributed by atoms with Gasteiger partial charge in [0.2, 0.25) is 5.95 Å². The number of ketones is 1. The molecule has 3 aromatic heterocycles. The SMILES string of the molecule is Cn1c(NCC(=O)c2ccccc2-c2ccccn2)nc(-c2ccncc2)cc1=O. The van der Waals surface area contributed by atoms with Gasteiger partial charge in [-0.1, -0.05) is 30.3 Å². The van der Waals surface area contributed by atoms with Crippen LogP contribution in [0.5, 0.6) is 0 Å². The second-order valence-corrected chi connectivity index (χ2v) is 6.64. The number of nitrogens with zero attached hydrogens (tertiary/aromatic N) is 4. The van der Waals surface area contributed by atoms with Crippen molar-refractivity contribution in [1.29, 1.82) is 0 Å². The Morgan fingerprint density at radius 3 is 2.50 bits per heavy atom. The highest BCUT2D eigenvalue weighted by Gasteiger charge is 2.14. The van der Waals surface area contributed by atoms with Crippen LogP contribution in [0.4, 0.5) is 5.95 Å². The van der Waals surface area contributed by atoms with Gasteiger partial charge in [-0.15, -0.1) is 0 Å². The summed E-state index contributed by atoms with van der Waals surface area (Å²) in [5.41, 5.74) is 3.12. The number of rotatable bonds is 6. The van der Waals surface area contributed by atoms with E-state index in [-0.39, 0.29) is 17.9 Å². The molecule has 0 radical (unpaired) electrons. The van der Waals surface area contributed by atoms with Crippen molar-refractivity contribution < 1.29 is 4.79 Å². The van der Waals surface area contributed by atoms with E-state index in [1.807, 2.05) is 36.4 Å². The molecule has 30 heavy (non-hydrogen) atoms. The maximum Gasteiger partial charge on any atom is 0.255 e. The zero-order chi connectivity index (χ0) is 20.9. The van der Waals surface area contributed by atoms with Crippen molar-refractivity contribution in [2.75, 3.05) is 11.9 Å². The van der Waals surface area contributed by atoms with Gasteiger partial charge in [-0.05, 0) is 24.3 Å². The highest BCUT2D eigenvalue weighted by molar-refractivity contribution is 6.04. The molecule has 7 nitrogen and oxygen atoms in total. The predicted molar refractivity (Wildman–Crippen MR) is 115 cm³/mol. The van der Waals surface area contributed by atoms with Crippen LogP contribution in [0, 0.1) is 0 Å². The molecule has 0 bridgehead atoms. The summed E-state index contributed by atoms with van der Waals surface area (Å²) in [5.74, 6) is 0.192. The first-order valence-corrected chi connectivity index (χ1v) is 9.39. The minimum absolute atomic E-state index is 0.00999. The fraction of sp³-hybridized carbons (Fsp3) is 0.0870. The predicted octanol–water partition coefficient (Wildman–Crippen LogP) is 3.20. The number of hydrogen-bond donors (Lipinski definition) is 1. The lowest BCUT2D eigenvalue weighted by Crippen LogP contribution is -2.24. The van der Waals surface area contributed by atoms with Gasteiger partial charge < -0.3 is 5.32 Å². The van der Waals surface area contributed by atoms with Crippen molar-refractivity contribution in [3.63, 3.8) is 0 Å². The van der Waals surface area contributed by atoms with Gasteiger partial charge in [-0.25, -0.2) is 4.98 Å². The Morgan fingerprint density at radius 1 is 0.967 bits per heavy atom. The van der Waals surface area contributed by atoms with Gasteiger partial charge in [0.1, 0.15) is 0 Å². The van der Waals surface area contributed by atoms with Gasteiger partial charge in [-0.2, -0.15) is 0 Å². The molecule has 3 heterocycles. The molecular weight excluding hydrogens is 378 g/mol. The lowest BCUT2D eigenvalue weighted by Gasteiger charge is -2.12. The molecule has 7 heteroatoms. The number of Topliss-reactive ketones (excluding diaryl/α,β-unsaturated/α-hetero) is 1. The van der Waals surface area contributed by atoms with E-state index in [9.17, 15) is 9.59 Å². The maximum atomic E-state index is 12.9. The summed E-state index contributed by atoms with van der Waals surface area (Å²) in [6, 6.07) is 17.9. The van der Waals surface area contributed by atoms with Crippen LogP contribution in [0.2, 0.25) is 0 Å². The summed E-state index contributed by atoms with van der Waals surface area (Å²) in [7, 11) is 1.61. The fourth-order valence-electron chi connectivity index (χ4n) is 3.09. The lowest BCUT2D eigenvalue weighted by molar-refractivity contribution is 0.101. The van der Waals surface area contributed by atoms with Gasteiger partial charge in [-0.3, -0.25) is 24.1 Å². The molecule has 4 rings (SSSR count). The maximum absolute atomic E-state index is 12.9. The topological polar surface area (TPSA) is 89.8 Å². The van der Waals surface area contributed by atoms with Crippen molar-refractivity contribution in [2.45, 2.75) is 0 Å². The Morgan fingerprint density at radius 2 is 1.73 bits per heavy atom. The lowest BCUT2D eigenvalue weighted by atomic mass is 10.0. The zero-order valence-electron chi connectivity index (χ0n) is 16.3. The molecule has 1 aromatic carbocycles. The van der Waals surface area contributed by atoms with E-state index in [1.165, 1.54) is 10.6 Å². The van der Waals surface area contributed by atoms with Crippen molar-refractivity contribution in [3.05, 3.63) is 95.2 Å². The van der Waals surface area contributed by atoms with Crippen molar-refractivity contribution in [1.82, 2.24) is 19.5 Å². The second-order valence-electron chi connectivity index (χ2n) is 6.64. The minimum Gasteiger partial charge on any atom is -0.348 e. The highest BCUT2D eigenvalue weighted by atomic mass is 16.1. The van der Waals surface area contributed by atoms with E-state index in [1.54, 1.807) is 43.8 Å². The van der Waals surface area contributed by atoms with E-state index in [2.05, 4.69) is 20.3 Å². The second kappa shape index (κ2) is 8.48. The summed E-state index contributed by atoms with van der Waals surface area (Å²) >= 11 is 0. The molecule has 0 saturated heterocycles. The molecule has 0 amide bonds. The third-order valence-corrected chi connectivity index (χ3v) is 4.69. The normalized spacial score (nSPS) is 10.6. The molecule has 1 N–H and O–H groups in total. The average molecular weight is 397 g/mol. The van der Waals surface area contributed by atoms with Crippen LogP contribution in [0.1, 0.15) is 10.4 Å². The van der Waals surface area contributed by atoms with E-state index >= 15 is 0 Å². The minimum atomic E-state index is -0.222. The number of aromatic nitrogens is 4. The molecule has 0 aliphatic heterocycles. The van der Waals surface area contributed by atoms with Gasteiger partial charge >= 0.3 is 0 Å². The number of carbonyl (C=O) groups excluding carboxylic acids is 1. The number of benzene rings is 1. The number of anilines is 1. The Kier molecular flexibility index (Phi) is 5.43. The molecular formula is C23H19N5O2. The van der Waals surface area contributed by atoms with E-state index in [4.69, 9.17) is 0 Å². The monoisotopic (exact) mass is 397 g/mol. The molecule has 0 unspecified atom stereocenters. The van der Waals surface area contributed by atoms with Gasteiger partial charge in [0.15, 0.2) is 5.78 Å². The Labute approximate surface area is 173 Å². The quantitative estimate of drug-likeness (QED) is 0.503. The van der Waals surface area contributed by atoms with Crippen molar-refractivity contribution in [2.24, 2.45) is 7.05 Å². The van der Waals surface area contributed by atoms with E-state index in [0.29, 0.717) is 17.2 Å². The van der Waals surface area contributed by atoms with Gasteiger partial charge in [0.25, 0.3) is 5.56 Å². The Bertz CT molecular complexity index is 1240. The number of carbonyl (C=O) groups is 1. The van der Waals surface area contributed by atoms with Crippen LogP contribution in [-0.2, 0) is 7.05 Å². The summed E-state index contributed by atoms with van der Waals surface area (Å²) in [6.07, 6.45) is 4.97. The van der Waals surface area contributed by atoms with Gasteiger partial charge in [0.05, 0.1) is 17.9 Å². The molecule has 4 aromatic rings. The van der Waals surface area contributed by atoms with Crippen LogP contribution in [0.15, 0.2) is 84.0 Å². The molecule has 148 valence electrons. The smallest absolute Gasteiger partial charge is 0.255 e. The Hall–Kier alpha value is -4.13. The van der Waals surface area contributed by atoms with Crippen LogP contribution in [0.3, 0.4) is 0 Å². The van der Waals surface area contributed by atoms with Crippen LogP contribution >= 0.6 is 0 Å². The first-order valence-electron chi connectivity index (χ1n) is 9.39. The summed E-state index contributed by atoms with van der Waals surface area (Å²) < 4.78 is 1.38. The first kappa shape index (κ1) is 19.2. The number of pyridine rings is 2. The van der Waals surface area contributed by atoms with E-state index in [0.717, 1.165) is 16.8 Å². The zero-order valence-corrected chi connectivity index (χ0v) is 16.3. The largest absolute Gasteiger partial charge is 0.348 e. The molecule has 0 saturated carbocycles. The standard InChI is InChI=1S/C23H19N5O2/c1-28-22(30)14-20(16-9-12-24-13-10-16)27-23(28)26-15-21(29)18-7-3-2-6-17(18)19-8-4-5-11-25-19/h2-14H,15H2,1H3,(H,26,27). The molecule has 0 aliphatic rings. The molecule has 0 aliphatic carbocycles. The Balaban J connectivity index is 1.60. The van der Waals surface area contributed by atoms with Gasteiger partial charge in [0, 0.05) is 48.4 Å². The average Bonchev–Trinajstić information content (AvgIpc) is 2.81. The number of nitrogens with one attached hydrogen (secondary N) is 1. The van der Waals surface area contributed by atoms with Crippen molar-refractivity contribution in [3.8, 4) is 22.5 Å². The first-order chi connectivity index (χ1) is 14.6. The van der Waals surface area contributed by atoms with E-state index < -0.39 is 0 Å². The van der Waals surface area contributed by atoms with Crippen LogP contribution < -0.4 is 10.9 Å². The third kappa shape index (κ3) is 4.00. The molecule has 0 atom stereocenters. The highest BCUT2D eigenvalue weighted by Crippen LogP contribution is 2.22. The van der Waals surface area contributed by atoms with Crippen LogP contribution in [0.25, 0.3) is 22.5 Å².